The van der Waals surface area contributed by atoms with Crippen molar-refractivity contribution in [2.45, 2.75) is 26.7 Å². The number of carbonyl (C=O) groups is 3. The Labute approximate surface area is 207 Å². The molecule has 4 rings (SSSR count). The van der Waals surface area contributed by atoms with Gasteiger partial charge in [0, 0.05) is 29.7 Å². The Balaban J connectivity index is 1.50. The zero-order valence-electron chi connectivity index (χ0n) is 19.7. The van der Waals surface area contributed by atoms with Gasteiger partial charge >= 0.3 is 11.9 Å². The second-order valence-electron chi connectivity index (χ2n) is 8.02. The molecule has 0 aliphatic carbocycles. The van der Waals surface area contributed by atoms with Crippen molar-refractivity contribution in [1.29, 1.82) is 0 Å². The maximum absolute atomic E-state index is 12.8. The van der Waals surface area contributed by atoms with Gasteiger partial charge in [-0.15, -0.1) is 11.3 Å². The van der Waals surface area contributed by atoms with Crippen LogP contribution in [0.2, 0.25) is 0 Å². The molecule has 8 nitrogen and oxygen atoms in total. The number of amides is 1. The van der Waals surface area contributed by atoms with Gasteiger partial charge in [-0.1, -0.05) is 30.3 Å². The highest BCUT2D eigenvalue weighted by atomic mass is 32.1. The van der Waals surface area contributed by atoms with E-state index in [2.05, 4.69) is 10.3 Å². The van der Waals surface area contributed by atoms with Crippen LogP contribution in [-0.2, 0) is 14.3 Å². The number of esters is 2. The normalized spacial score (nSPS) is 12.9. The maximum Gasteiger partial charge on any atom is 0.342 e. The summed E-state index contributed by atoms with van der Waals surface area (Å²) in [5.74, 6) is -1.11. The first-order valence-corrected chi connectivity index (χ1v) is 12.3. The summed E-state index contributed by atoms with van der Waals surface area (Å²) in [5, 5.41) is 3.09. The summed E-state index contributed by atoms with van der Waals surface area (Å²) in [4.78, 5) is 45.5. The zero-order valence-corrected chi connectivity index (χ0v) is 20.5. The summed E-state index contributed by atoms with van der Waals surface area (Å²) < 4.78 is 10.6. The molecule has 1 N–H and O–H groups in total. The first kappa shape index (κ1) is 24.4. The summed E-state index contributed by atoms with van der Waals surface area (Å²) in [6, 6.07) is 12.8. The number of carbonyl (C=O) groups excluding carboxylic acids is 3. The highest BCUT2D eigenvalue weighted by Crippen LogP contribution is 2.40. The lowest BCUT2D eigenvalue weighted by Gasteiger charge is -2.18. The van der Waals surface area contributed by atoms with E-state index in [9.17, 15) is 14.4 Å². The molecule has 0 radical (unpaired) electrons. The lowest BCUT2D eigenvalue weighted by atomic mass is 10.0. The van der Waals surface area contributed by atoms with Crippen LogP contribution in [0.1, 0.15) is 45.4 Å². The second-order valence-corrected chi connectivity index (χ2v) is 9.24. The highest BCUT2D eigenvalue weighted by Gasteiger charge is 2.26. The number of anilines is 2. The Morgan fingerprint density at radius 2 is 1.77 bits per heavy atom. The van der Waals surface area contributed by atoms with Crippen molar-refractivity contribution in [3.05, 3.63) is 64.7 Å². The standard InChI is InChI=1S/C26H27N3O5S/c1-3-33-26(32)22-21(18-10-5-4-6-11-18)17(2)35-24(22)28-20(30)16-34-25(31)19-12-9-13-27-23(19)29-14-7-8-15-29/h4-6,9-13H,3,7-8,14-16H2,1-2H3,(H,28,30). The molecule has 1 fully saturated rings. The van der Waals surface area contributed by atoms with Gasteiger partial charge in [-0.05, 0) is 44.4 Å². The van der Waals surface area contributed by atoms with E-state index in [4.69, 9.17) is 9.47 Å². The number of nitrogens with one attached hydrogen (secondary N) is 1. The summed E-state index contributed by atoms with van der Waals surface area (Å²) in [6.07, 6.45) is 3.72. The molecule has 1 saturated heterocycles. The number of pyridine rings is 1. The maximum atomic E-state index is 12.8. The molecular formula is C26H27N3O5S. The molecule has 1 amide bonds. The van der Waals surface area contributed by atoms with E-state index in [1.54, 1.807) is 25.3 Å². The van der Waals surface area contributed by atoms with E-state index >= 15 is 0 Å². The number of aryl methyl sites for hydroxylation is 1. The van der Waals surface area contributed by atoms with Gasteiger partial charge in [0.15, 0.2) is 6.61 Å². The average molecular weight is 494 g/mol. The average Bonchev–Trinajstić information content (AvgIpc) is 3.51. The molecule has 2 aromatic heterocycles. The van der Waals surface area contributed by atoms with Crippen LogP contribution in [0.5, 0.6) is 0 Å². The van der Waals surface area contributed by atoms with Gasteiger partial charge in [-0.2, -0.15) is 0 Å². The van der Waals surface area contributed by atoms with Crippen LogP contribution in [0.15, 0.2) is 48.7 Å². The zero-order chi connectivity index (χ0) is 24.8. The summed E-state index contributed by atoms with van der Waals surface area (Å²) >= 11 is 1.28. The Kier molecular flexibility index (Phi) is 7.77. The second kappa shape index (κ2) is 11.1. The predicted molar refractivity (Wildman–Crippen MR) is 135 cm³/mol. The molecule has 35 heavy (non-hydrogen) atoms. The van der Waals surface area contributed by atoms with E-state index in [-0.39, 0.29) is 6.61 Å². The number of benzene rings is 1. The third-order valence-electron chi connectivity index (χ3n) is 5.63. The van der Waals surface area contributed by atoms with Gasteiger partial charge in [0.05, 0.1) is 6.61 Å². The molecule has 3 aromatic rings. The first-order valence-electron chi connectivity index (χ1n) is 11.5. The van der Waals surface area contributed by atoms with E-state index in [1.165, 1.54) is 11.3 Å². The fourth-order valence-corrected chi connectivity index (χ4v) is 5.17. The van der Waals surface area contributed by atoms with Crippen LogP contribution in [0.3, 0.4) is 0 Å². The number of hydrogen-bond donors (Lipinski definition) is 1. The molecule has 1 aromatic carbocycles. The number of hydrogen-bond acceptors (Lipinski definition) is 8. The lowest BCUT2D eigenvalue weighted by molar-refractivity contribution is -0.119. The third-order valence-corrected chi connectivity index (χ3v) is 6.65. The number of thiophene rings is 1. The summed E-state index contributed by atoms with van der Waals surface area (Å²) in [6.45, 7) is 4.98. The van der Waals surface area contributed by atoms with Crippen molar-refractivity contribution in [1.82, 2.24) is 4.98 Å². The quantitative estimate of drug-likeness (QED) is 0.455. The van der Waals surface area contributed by atoms with Crippen LogP contribution >= 0.6 is 11.3 Å². The number of nitrogens with zero attached hydrogens (tertiary/aromatic N) is 2. The molecular weight excluding hydrogens is 466 g/mol. The molecule has 0 atom stereocenters. The van der Waals surface area contributed by atoms with Gasteiger partial charge in [0.1, 0.15) is 21.9 Å². The molecule has 0 spiro atoms. The topological polar surface area (TPSA) is 97.8 Å². The Hall–Kier alpha value is -3.72. The molecule has 0 bridgehead atoms. The fourth-order valence-electron chi connectivity index (χ4n) is 4.09. The Morgan fingerprint density at radius 1 is 1.03 bits per heavy atom. The van der Waals surface area contributed by atoms with Crippen LogP contribution in [-0.4, -0.2) is 49.1 Å². The molecule has 9 heteroatoms. The Bertz CT molecular complexity index is 1220. The predicted octanol–water partition coefficient (Wildman–Crippen LogP) is 4.69. The van der Waals surface area contributed by atoms with Gasteiger partial charge in [-0.25, -0.2) is 14.6 Å². The Morgan fingerprint density at radius 3 is 2.49 bits per heavy atom. The van der Waals surface area contributed by atoms with Crippen molar-refractivity contribution in [3.8, 4) is 11.1 Å². The number of rotatable bonds is 8. The van der Waals surface area contributed by atoms with Crippen molar-refractivity contribution >= 4 is 40.0 Å². The van der Waals surface area contributed by atoms with Crippen LogP contribution in [0, 0.1) is 6.92 Å². The minimum absolute atomic E-state index is 0.206. The number of aromatic nitrogens is 1. The SMILES string of the molecule is CCOC(=O)c1c(NC(=O)COC(=O)c2cccnc2N2CCCC2)sc(C)c1-c1ccccc1. The van der Waals surface area contributed by atoms with Crippen molar-refractivity contribution in [2.75, 3.05) is 36.5 Å². The van der Waals surface area contributed by atoms with Crippen molar-refractivity contribution in [3.63, 3.8) is 0 Å². The largest absolute Gasteiger partial charge is 0.462 e. The van der Waals surface area contributed by atoms with E-state index in [1.807, 2.05) is 42.2 Å². The van der Waals surface area contributed by atoms with Gasteiger partial charge < -0.3 is 19.7 Å². The van der Waals surface area contributed by atoms with E-state index < -0.39 is 24.5 Å². The summed E-state index contributed by atoms with van der Waals surface area (Å²) in [5.41, 5.74) is 2.19. The van der Waals surface area contributed by atoms with Gasteiger partial charge in [0.2, 0.25) is 0 Å². The molecule has 3 heterocycles. The summed E-state index contributed by atoms with van der Waals surface area (Å²) in [7, 11) is 0. The molecule has 0 unspecified atom stereocenters. The molecule has 0 saturated carbocycles. The third kappa shape index (κ3) is 5.51. The smallest absolute Gasteiger partial charge is 0.342 e. The van der Waals surface area contributed by atoms with Crippen LogP contribution < -0.4 is 10.2 Å². The van der Waals surface area contributed by atoms with Gasteiger partial charge in [0.25, 0.3) is 5.91 Å². The number of ether oxygens (including phenoxy) is 2. The monoisotopic (exact) mass is 493 g/mol. The minimum atomic E-state index is -0.617. The van der Waals surface area contributed by atoms with Crippen molar-refractivity contribution in [2.24, 2.45) is 0 Å². The molecule has 182 valence electrons. The molecule has 1 aliphatic rings. The molecule has 1 aliphatic heterocycles. The fraction of sp³-hybridized carbons (Fsp3) is 0.308. The first-order chi connectivity index (χ1) is 17.0. The van der Waals surface area contributed by atoms with E-state index in [0.29, 0.717) is 27.5 Å². The lowest BCUT2D eigenvalue weighted by Crippen LogP contribution is -2.25. The van der Waals surface area contributed by atoms with Crippen LogP contribution in [0.25, 0.3) is 11.1 Å². The van der Waals surface area contributed by atoms with E-state index in [0.717, 1.165) is 36.4 Å². The minimum Gasteiger partial charge on any atom is -0.462 e. The highest BCUT2D eigenvalue weighted by molar-refractivity contribution is 7.17. The van der Waals surface area contributed by atoms with Gasteiger partial charge in [-0.3, -0.25) is 4.79 Å². The van der Waals surface area contributed by atoms with Crippen LogP contribution in [0.4, 0.5) is 10.8 Å². The van der Waals surface area contributed by atoms with Crippen molar-refractivity contribution < 1.29 is 23.9 Å².